The van der Waals surface area contributed by atoms with Crippen molar-refractivity contribution < 1.29 is 14.3 Å². The van der Waals surface area contributed by atoms with Gasteiger partial charge >= 0.3 is 0 Å². The van der Waals surface area contributed by atoms with E-state index in [1.165, 1.54) is 5.56 Å². The molecule has 1 aliphatic rings. The minimum atomic E-state index is -0.0991. The van der Waals surface area contributed by atoms with E-state index in [1.807, 2.05) is 107 Å². The van der Waals surface area contributed by atoms with Gasteiger partial charge in [0.1, 0.15) is 5.75 Å². The van der Waals surface area contributed by atoms with Crippen molar-refractivity contribution in [2.75, 3.05) is 37.7 Å². The number of aryl methyl sites for hydroxylation is 2. The Hall–Kier alpha value is -4.88. The molecule has 7 nitrogen and oxygen atoms in total. The van der Waals surface area contributed by atoms with E-state index < -0.39 is 0 Å². The van der Waals surface area contributed by atoms with Crippen molar-refractivity contribution in [1.82, 2.24) is 14.4 Å². The first-order chi connectivity index (χ1) is 22.5. The predicted octanol–water partition coefficient (Wildman–Crippen LogP) is 6.84. The molecule has 5 aromatic rings. The van der Waals surface area contributed by atoms with E-state index in [2.05, 4.69) is 35.2 Å². The Labute approximate surface area is 271 Å². The molecule has 0 aliphatic carbocycles. The molecule has 0 fully saturated rings. The Bertz CT molecular complexity index is 1780. The lowest BCUT2D eigenvalue weighted by Crippen LogP contribution is -2.40. The molecule has 0 unspecified atom stereocenters. The second-order valence-corrected chi connectivity index (χ2v) is 12.1. The lowest BCUT2D eigenvalue weighted by molar-refractivity contribution is -0.120. The highest BCUT2D eigenvalue weighted by Gasteiger charge is 2.26. The van der Waals surface area contributed by atoms with Gasteiger partial charge < -0.3 is 19.1 Å². The molecule has 0 saturated heterocycles. The molecule has 1 aliphatic heterocycles. The van der Waals surface area contributed by atoms with Crippen LogP contribution in [0.5, 0.6) is 5.75 Å². The number of benzene rings is 4. The fraction of sp³-hybridized carbons (Fsp3) is 0.282. The standard InChI is InChI=1S/C39H42N4O3/c1-30-14-11-17-32-27-42(39(45)35-28-40(2)36-21-10-9-20-34(35)36)24-12-22-41(26-31-15-5-3-6-16-31)23-13-25-43(38(30)32)37(44)29-46-33-18-7-4-8-19-33/h3-11,14-21,28H,12-13,22-27,29H2,1-2H3. The van der Waals surface area contributed by atoms with Gasteiger partial charge in [-0.1, -0.05) is 84.9 Å². The summed E-state index contributed by atoms with van der Waals surface area (Å²) in [5, 5.41) is 0.950. The van der Waals surface area contributed by atoms with E-state index in [-0.39, 0.29) is 18.4 Å². The fourth-order valence-electron chi connectivity index (χ4n) is 6.52. The number of rotatable bonds is 6. The maximum Gasteiger partial charge on any atom is 0.264 e. The van der Waals surface area contributed by atoms with Crippen LogP contribution in [0.15, 0.2) is 109 Å². The predicted molar refractivity (Wildman–Crippen MR) is 184 cm³/mol. The molecule has 2 heterocycles. The summed E-state index contributed by atoms with van der Waals surface area (Å²) >= 11 is 0. The normalized spacial score (nSPS) is 14.7. The van der Waals surface area contributed by atoms with Crippen LogP contribution >= 0.6 is 0 Å². The lowest BCUT2D eigenvalue weighted by atomic mass is 10.0. The van der Waals surface area contributed by atoms with Crippen LogP contribution in [-0.4, -0.2) is 59.0 Å². The van der Waals surface area contributed by atoms with E-state index in [1.54, 1.807) is 0 Å². The second-order valence-electron chi connectivity index (χ2n) is 12.1. The number of hydrogen-bond acceptors (Lipinski definition) is 4. The van der Waals surface area contributed by atoms with Crippen molar-refractivity contribution >= 4 is 28.4 Å². The molecule has 0 radical (unpaired) electrons. The van der Waals surface area contributed by atoms with Crippen molar-refractivity contribution in [2.24, 2.45) is 7.05 Å². The van der Waals surface area contributed by atoms with Crippen LogP contribution in [-0.2, 0) is 24.9 Å². The SMILES string of the molecule is Cc1cccc2c1N(C(=O)COc1ccccc1)CCCN(Cc1ccccc1)CCCN(C(=O)c1cn(C)c3ccccc13)C2. The number of carbonyl (C=O) groups excluding carboxylic acids is 2. The molecule has 0 bridgehead atoms. The van der Waals surface area contributed by atoms with Crippen LogP contribution in [0.4, 0.5) is 5.69 Å². The lowest BCUT2D eigenvalue weighted by Gasteiger charge is -2.32. The highest BCUT2D eigenvalue weighted by Crippen LogP contribution is 2.30. The molecule has 0 N–H and O–H groups in total. The summed E-state index contributed by atoms with van der Waals surface area (Å²) in [6.45, 7) is 6.03. The Kier molecular flexibility index (Phi) is 9.79. The third-order valence-electron chi connectivity index (χ3n) is 8.78. The molecule has 7 heteroatoms. The van der Waals surface area contributed by atoms with Crippen molar-refractivity contribution in [1.29, 1.82) is 0 Å². The quantitative estimate of drug-likeness (QED) is 0.210. The van der Waals surface area contributed by atoms with Crippen LogP contribution < -0.4 is 9.64 Å². The molecule has 0 atom stereocenters. The average Bonchev–Trinajstić information content (AvgIpc) is 3.41. The number of hydrogen-bond donors (Lipinski definition) is 0. The molecule has 6 rings (SSSR count). The summed E-state index contributed by atoms with van der Waals surface area (Å²) in [6.07, 6.45) is 3.60. The van der Waals surface area contributed by atoms with Gasteiger partial charge in [-0.25, -0.2) is 0 Å². The molecule has 46 heavy (non-hydrogen) atoms. The Morgan fingerprint density at radius 2 is 1.46 bits per heavy atom. The smallest absolute Gasteiger partial charge is 0.264 e. The van der Waals surface area contributed by atoms with E-state index in [0.29, 0.717) is 30.9 Å². The number of para-hydroxylation sites is 3. The Balaban J connectivity index is 1.35. The van der Waals surface area contributed by atoms with Crippen LogP contribution in [0.1, 0.15) is 39.9 Å². The molecule has 0 saturated carbocycles. The van der Waals surface area contributed by atoms with Gasteiger partial charge in [-0.15, -0.1) is 0 Å². The summed E-state index contributed by atoms with van der Waals surface area (Å²) in [7, 11) is 1.98. The van der Waals surface area contributed by atoms with Crippen LogP contribution in [0.3, 0.4) is 0 Å². The third kappa shape index (κ3) is 7.16. The summed E-state index contributed by atoms with van der Waals surface area (Å²) in [4.78, 5) is 34.6. The zero-order valence-corrected chi connectivity index (χ0v) is 26.8. The number of nitrogens with zero attached hydrogens (tertiary/aromatic N) is 4. The fourth-order valence-corrected chi connectivity index (χ4v) is 6.52. The minimum absolute atomic E-state index is 0.00112. The number of anilines is 1. The van der Waals surface area contributed by atoms with Crippen LogP contribution in [0.2, 0.25) is 0 Å². The molecular formula is C39H42N4O3. The zero-order valence-electron chi connectivity index (χ0n) is 26.8. The van der Waals surface area contributed by atoms with Crippen LogP contribution in [0.25, 0.3) is 10.9 Å². The first-order valence-electron chi connectivity index (χ1n) is 16.1. The zero-order chi connectivity index (χ0) is 31.9. The van der Waals surface area contributed by atoms with Gasteiger partial charge in [-0.2, -0.15) is 0 Å². The number of carbonyl (C=O) groups is 2. The second kappa shape index (κ2) is 14.5. The van der Waals surface area contributed by atoms with Crippen molar-refractivity contribution in [3.05, 3.63) is 132 Å². The first kappa shape index (κ1) is 31.1. The Morgan fingerprint density at radius 3 is 2.24 bits per heavy atom. The van der Waals surface area contributed by atoms with Gasteiger partial charge in [0.25, 0.3) is 11.8 Å². The topological polar surface area (TPSA) is 58.0 Å². The highest BCUT2D eigenvalue weighted by atomic mass is 16.5. The van der Waals surface area contributed by atoms with E-state index in [9.17, 15) is 9.59 Å². The van der Waals surface area contributed by atoms with Crippen LogP contribution in [0, 0.1) is 6.92 Å². The van der Waals surface area contributed by atoms with Gasteiger partial charge in [0.15, 0.2) is 6.61 Å². The van der Waals surface area contributed by atoms with Gasteiger partial charge in [0.05, 0.1) is 11.3 Å². The van der Waals surface area contributed by atoms with Gasteiger partial charge in [-0.3, -0.25) is 14.5 Å². The minimum Gasteiger partial charge on any atom is -0.484 e. The highest BCUT2D eigenvalue weighted by molar-refractivity contribution is 6.07. The van der Waals surface area contributed by atoms with E-state index in [0.717, 1.165) is 60.2 Å². The largest absolute Gasteiger partial charge is 0.484 e. The molecule has 4 aromatic carbocycles. The number of aromatic nitrogens is 1. The molecule has 0 spiro atoms. The number of ether oxygens (including phenoxy) is 1. The van der Waals surface area contributed by atoms with Gasteiger partial charge in [0.2, 0.25) is 0 Å². The van der Waals surface area contributed by atoms with E-state index in [4.69, 9.17) is 4.74 Å². The molecule has 2 amide bonds. The van der Waals surface area contributed by atoms with Crippen molar-refractivity contribution in [3.8, 4) is 5.75 Å². The summed E-state index contributed by atoms with van der Waals surface area (Å²) in [5.41, 5.74) is 5.81. The number of amides is 2. The maximum atomic E-state index is 14.4. The van der Waals surface area contributed by atoms with Crippen molar-refractivity contribution in [2.45, 2.75) is 32.9 Å². The summed E-state index contributed by atoms with van der Waals surface area (Å²) in [6, 6.07) is 34.1. The number of fused-ring (bicyclic) bond motifs is 2. The molecular weight excluding hydrogens is 572 g/mol. The van der Waals surface area contributed by atoms with Gasteiger partial charge in [0, 0.05) is 63.4 Å². The maximum absolute atomic E-state index is 14.4. The van der Waals surface area contributed by atoms with Gasteiger partial charge in [-0.05, 0) is 54.7 Å². The molecule has 1 aromatic heterocycles. The summed E-state index contributed by atoms with van der Waals surface area (Å²) < 4.78 is 7.96. The molecule has 236 valence electrons. The Morgan fingerprint density at radius 1 is 0.761 bits per heavy atom. The third-order valence-corrected chi connectivity index (χ3v) is 8.78. The van der Waals surface area contributed by atoms with Crippen molar-refractivity contribution in [3.63, 3.8) is 0 Å². The summed E-state index contributed by atoms with van der Waals surface area (Å²) in [5.74, 6) is 0.565. The van der Waals surface area contributed by atoms with E-state index >= 15 is 0 Å². The first-order valence-corrected chi connectivity index (χ1v) is 16.1. The monoisotopic (exact) mass is 614 g/mol. The average molecular weight is 615 g/mol.